The van der Waals surface area contributed by atoms with Crippen LogP contribution in [0.4, 0.5) is 19.1 Å². The molecule has 6 nitrogen and oxygen atoms in total. The van der Waals surface area contributed by atoms with E-state index in [-0.39, 0.29) is 34.0 Å². The highest BCUT2D eigenvalue weighted by atomic mass is 19.3. The van der Waals surface area contributed by atoms with Crippen LogP contribution >= 0.6 is 0 Å². The number of benzene rings is 1. The van der Waals surface area contributed by atoms with Gasteiger partial charge in [-0.1, -0.05) is 0 Å². The summed E-state index contributed by atoms with van der Waals surface area (Å²) in [5.41, 5.74) is -0.539. The third-order valence-corrected chi connectivity index (χ3v) is 4.02. The van der Waals surface area contributed by atoms with Crippen LogP contribution in [-0.4, -0.2) is 20.2 Å². The van der Waals surface area contributed by atoms with Crippen molar-refractivity contribution in [3.8, 4) is 17.3 Å². The lowest BCUT2D eigenvalue weighted by Crippen LogP contribution is -2.31. The van der Waals surface area contributed by atoms with Gasteiger partial charge in [0.2, 0.25) is 5.95 Å². The Morgan fingerprint density at radius 2 is 1.93 bits per heavy atom. The molecule has 0 unspecified atom stereocenters. The van der Waals surface area contributed by atoms with Crippen molar-refractivity contribution in [2.45, 2.75) is 25.8 Å². The van der Waals surface area contributed by atoms with Crippen molar-refractivity contribution >= 4 is 5.95 Å². The Balaban J connectivity index is 1.88. The highest BCUT2D eigenvalue weighted by Crippen LogP contribution is 2.31. The van der Waals surface area contributed by atoms with Crippen LogP contribution in [0.5, 0.6) is 0 Å². The number of alkyl halides is 2. The molecule has 28 heavy (non-hydrogen) atoms. The Bertz CT molecular complexity index is 1030. The zero-order valence-electron chi connectivity index (χ0n) is 15.0. The van der Waals surface area contributed by atoms with E-state index >= 15 is 0 Å². The van der Waals surface area contributed by atoms with E-state index in [1.54, 1.807) is 13.8 Å². The second-order valence-electron chi connectivity index (χ2n) is 6.47. The SMILES string of the molecule is CC(C)(Nc1ncc(-c2cc(C#N)ccc2F)nn1)c1ncccc1C(F)F. The summed E-state index contributed by atoms with van der Waals surface area (Å²) in [6.45, 7) is 3.32. The van der Waals surface area contributed by atoms with Gasteiger partial charge in [0.15, 0.2) is 0 Å². The highest BCUT2D eigenvalue weighted by Gasteiger charge is 2.29. The third-order valence-electron chi connectivity index (χ3n) is 4.02. The number of nitrogens with one attached hydrogen (secondary N) is 1. The minimum atomic E-state index is -2.68. The Kier molecular flexibility index (Phi) is 5.22. The topological polar surface area (TPSA) is 87.4 Å². The Labute approximate surface area is 159 Å². The van der Waals surface area contributed by atoms with Crippen LogP contribution in [0.3, 0.4) is 0 Å². The lowest BCUT2D eigenvalue weighted by molar-refractivity contribution is 0.148. The zero-order valence-corrected chi connectivity index (χ0v) is 15.0. The molecule has 0 fully saturated rings. The average molecular weight is 384 g/mol. The Morgan fingerprint density at radius 3 is 2.57 bits per heavy atom. The molecule has 142 valence electrons. The van der Waals surface area contributed by atoms with E-state index in [1.165, 1.54) is 36.7 Å². The third kappa shape index (κ3) is 3.91. The monoisotopic (exact) mass is 384 g/mol. The molecule has 0 amide bonds. The van der Waals surface area contributed by atoms with Crippen molar-refractivity contribution in [2.75, 3.05) is 5.32 Å². The van der Waals surface area contributed by atoms with Crippen molar-refractivity contribution in [1.29, 1.82) is 5.26 Å². The molecule has 0 saturated heterocycles. The summed E-state index contributed by atoms with van der Waals surface area (Å²) in [5, 5.41) is 19.7. The van der Waals surface area contributed by atoms with E-state index in [2.05, 4.69) is 25.5 Å². The fourth-order valence-electron chi connectivity index (χ4n) is 2.70. The summed E-state index contributed by atoms with van der Waals surface area (Å²) in [5.74, 6) is -0.498. The van der Waals surface area contributed by atoms with E-state index in [1.807, 2.05) is 6.07 Å². The first-order valence-corrected chi connectivity index (χ1v) is 8.23. The van der Waals surface area contributed by atoms with Crippen molar-refractivity contribution in [2.24, 2.45) is 0 Å². The van der Waals surface area contributed by atoms with Gasteiger partial charge in [-0.05, 0) is 44.2 Å². The molecular weight excluding hydrogens is 369 g/mol. The first-order chi connectivity index (χ1) is 13.3. The number of hydrogen-bond acceptors (Lipinski definition) is 6. The molecule has 0 bridgehead atoms. The lowest BCUT2D eigenvalue weighted by atomic mass is 9.95. The molecule has 9 heteroatoms. The van der Waals surface area contributed by atoms with Crippen LogP contribution in [0.15, 0.2) is 42.7 Å². The van der Waals surface area contributed by atoms with Gasteiger partial charge in [0.25, 0.3) is 6.43 Å². The van der Waals surface area contributed by atoms with Gasteiger partial charge >= 0.3 is 0 Å². The first kappa shape index (κ1) is 19.2. The number of hydrogen-bond donors (Lipinski definition) is 1. The summed E-state index contributed by atoms with van der Waals surface area (Å²) >= 11 is 0. The largest absolute Gasteiger partial charge is 0.342 e. The van der Waals surface area contributed by atoms with E-state index < -0.39 is 17.8 Å². The fourth-order valence-corrected chi connectivity index (χ4v) is 2.70. The second kappa shape index (κ2) is 7.60. The molecule has 0 spiro atoms. The summed E-state index contributed by atoms with van der Waals surface area (Å²) in [6, 6.07) is 8.54. The minimum absolute atomic E-state index is 0.0662. The number of nitrogens with zero attached hydrogens (tertiary/aromatic N) is 5. The van der Waals surface area contributed by atoms with E-state index in [0.29, 0.717) is 0 Å². The van der Waals surface area contributed by atoms with Gasteiger partial charge in [0, 0.05) is 17.3 Å². The van der Waals surface area contributed by atoms with Crippen molar-refractivity contribution in [3.05, 3.63) is 65.4 Å². The molecule has 1 aromatic carbocycles. The highest BCUT2D eigenvalue weighted by molar-refractivity contribution is 5.61. The van der Waals surface area contributed by atoms with Crippen molar-refractivity contribution < 1.29 is 13.2 Å². The number of anilines is 1. The van der Waals surface area contributed by atoms with Crippen LogP contribution in [-0.2, 0) is 5.54 Å². The number of halogens is 3. The van der Waals surface area contributed by atoms with Crippen LogP contribution in [0.25, 0.3) is 11.3 Å². The molecule has 0 aliphatic heterocycles. The maximum Gasteiger partial charge on any atom is 0.265 e. The molecule has 3 rings (SSSR count). The Morgan fingerprint density at radius 1 is 1.14 bits per heavy atom. The first-order valence-electron chi connectivity index (χ1n) is 8.23. The van der Waals surface area contributed by atoms with Gasteiger partial charge in [-0.2, -0.15) is 5.26 Å². The van der Waals surface area contributed by atoms with Crippen molar-refractivity contribution in [3.63, 3.8) is 0 Å². The van der Waals surface area contributed by atoms with Crippen molar-refractivity contribution in [1.82, 2.24) is 20.2 Å². The summed E-state index contributed by atoms with van der Waals surface area (Å²) < 4.78 is 40.5. The van der Waals surface area contributed by atoms with Crippen LogP contribution in [0.2, 0.25) is 0 Å². The lowest BCUT2D eigenvalue weighted by Gasteiger charge is -2.27. The molecule has 0 atom stereocenters. The molecule has 0 saturated carbocycles. The fraction of sp³-hybridized carbons (Fsp3) is 0.211. The number of pyridine rings is 1. The molecule has 2 aromatic heterocycles. The average Bonchev–Trinajstić information content (AvgIpc) is 2.69. The molecular formula is C19H15F3N6. The van der Waals surface area contributed by atoms with E-state index in [9.17, 15) is 13.2 Å². The van der Waals surface area contributed by atoms with E-state index in [4.69, 9.17) is 5.26 Å². The normalized spacial score (nSPS) is 11.3. The minimum Gasteiger partial charge on any atom is -0.342 e. The predicted molar refractivity (Wildman–Crippen MR) is 95.8 cm³/mol. The number of rotatable bonds is 5. The number of aromatic nitrogens is 4. The van der Waals surface area contributed by atoms with Gasteiger partial charge in [-0.3, -0.25) is 4.98 Å². The molecule has 3 aromatic rings. The maximum atomic E-state index is 14.0. The van der Waals surface area contributed by atoms with Crippen LogP contribution in [0.1, 0.15) is 37.1 Å². The molecule has 0 aliphatic rings. The van der Waals surface area contributed by atoms with E-state index in [0.717, 1.165) is 6.07 Å². The maximum absolute atomic E-state index is 14.0. The second-order valence-corrected chi connectivity index (χ2v) is 6.47. The summed E-state index contributed by atoms with van der Waals surface area (Å²) in [7, 11) is 0. The smallest absolute Gasteiger partial charge is 0.265 e. The molecule has 2 heterocycles. The standard InChI is InChI=1S/C19H15F3N6/c1-19(2,16-12(17(21)22)4-3-7-24-16)26-18-25-10-15(27-28-18)13-8-11(9-23)5-6-14(13)20/h3-8,10,17H,1-2H3,(H,25,26,28). The predicted octanol–water partition coefficient (Wildman–Crippen LogP) is 4.23. The Hall–Kier alpha value is -3.54. The molecule has 1 N–H and O–H groups in total. The number of nitriles is 1. The summed E-state index contributed by atoms with van der Waals surface area (Å²) in [6.07, 6.45) is 0.0384. The summed E-state index contributed by atoms with van der Waals surface area (Å²) in [4.78, 5) is 8.15. The van der Waals surface area contributed by atoms with Gasteiger partial charge in [-0.15, -0.1) is 10.2 Å². The molecule has 0 radical (unpaired) electrons. The quantitative estimate of drug-likeness (QED) is 0.708. The zero-order chi connectivity index (χ0) is 20.3. The van der Waals surface area contributed by atoms with Crippen LogP contribution < -0.4 is 5.32 Å². The van der Waals surface area contributed by atoms with Gasteiger partial charge < -0.3 is 5.32 Å². The molecule has 0 aliphatic carbocycles. The van der Waals surface area contributed by atoms with Gasteiger partial charge in [0.05, 0.1) is 29.1 Å². The van der Waals surface area contributed by atoms with Gasteiger partial charge in [-0.25, -0.2) is 18.2 Å². The van der Waals surface area contributed by atoms with Gasteiger partial charge in [0.1, 0.15) is 11.5 Å². The van der Waals surface area contributed by atoms with Crippen LogP contribution in [0, 0.1) is 17.1 Å².